The summed E-state index contributed by atoms with van der Waals surface area (Å²) in [6, 6.07) is 0.361. The molecule has 1 fully saturated rings. The highest BCUT2D eigenvalue weighted by molar-refractivity contribution is 5.83. The van der Waals surface area contributed by atoms with Gasteiger partial charge in [0.25, 0.3) is 0 Å². The molecule has 0 spiro atoms. The zero-order chi connectivity index (χ0) is 16.9. The Kier molecular flexibility index (Phi) is 5.11. The summed E-state index contributed by atoms with van der Waals surface area (Å²) in [7, 11) is 0. The van der Waals surface area contributed by atoms with E-state index in [4.69, 9.17) is 9.84 Å². The molecular weight excluding hydrogens is 314 g/mol. The van der Waals surface area contributed by atoms with E-state index in [0.717, 1.165) is 12.8 Å². The van der Waals surface area contributed by atoms with Gasteiger partial charge in [-0.3, -0.25) is 9.36 Å². The number of rotatable bonds is 8. The molecule has 9 heteroatoms. The number of imidazole rings is 1. The Balaban J connectivity index is 1.88. The van der Waals surface area contributed by atoms with Gasteiger partial charge in [-0.1, -0.05) is 12.8 Å². The van der Waals surface area contributed by atoms with Crippen molar-refractivity contribution in [1.82, 2.24) is 19.5 Å². The van der Waals surface area contributed by atoms with Gasteiger partial charge in [-0.25, -0.2) is 15.0 Å². The van der Waals surface area contributed by atoms with E-state index in [2.05, 4.69) is 20.3 Å². The number of ether oxygens (including phenoxy) is 1. The van der Waals surface area contributed by atoms with Gasteiger partial charge in [0.05, 0.1) is 12.9 Å². The van der Waals surface area contributed by atoms with Crippen molar-refractivity contribution in [3.8, 4) is 0 Å². The molecule has 0 aromatic carbocycles. The van der Waals surface area contributed by atoms with Crippen molar-refractivity contribution >= 4 is 29.6 Å². The van der Waals surface area contributed by atoms with Crippen molar-refractivity contribution in [1.29, 1.82) is 0 Å². The van der Waals surface area contributed by atoms with Crippen LogP contribution in [0.2, 0.25) is 0 Å². The predicted molar refractivity (Wildman–Crippen MR) is 84.3 cm³/mol. The number of hydrogen-bond acceptors (Lipinski definition) is 8. The number of fused-ring (bicyclic) bond motifs is 1. The summed E-state index contributed by atoms with van der Waals surface area (Å²) >= 11 is 0. The van der Waals surface area contributed by atoms with Gasteiger partial charge in [0, 0.05) is 6.04 Å². The Morgan fingerprint density at radius 3 is 2.75 bits per heavy atom. The second-order valence-electron chi connectivity index (χ2n) is 5.69. The normalized spacial score (nSPS) is 17.7. The van der Waals surface area contributed by atoms with Crippen LogP contribution in [0, 0.1) is 0 Å². The second-order valence-corrected chi connectivity index (χ2v) is 5.69. The molecule has 9 nitrogen and oxygen atoms in total. The maximum atomic E-state index is 11.3. The summed E-state index contributed by atoms with van der Waals surface area (Å²) in [6.07, 6.45) is 6.14. The zero-order valence-corrected chi connectivity index (χ0v) is 13.0. The summed E-state index contributed by atoms with van der Waals surface area (Å²) in [5.41, 5.74) is 0.955. The Morgan fingerprint density at radius 1 is 1.29 bits per heavy atom. The van der Waals surface area contributed by atoms with E-state index in [1.807, 2.05) is 0 Å². The lowest BCUT2D eigenvalue weighted by Gasteiger charge is -2.17. The van der Waals surface area contributed by atoms with E-state index in [-0.39, 0.29) is 0 Å². The Bertz CT molecular complexity index is 713. The first-order chi connectivity index (χ1) is 11.8. The van der Waals surface area contributed by atoms with Gasteiger partial charge in [0.15, 0.2) is 35.8 Å². The van der Waals surface area contributed by atoms with Crippen LogP contribution in [-0.4, -0.2) is 56.0 Å². The van der Waals surface area contributed by atoms with Gasteiger partial charge in [-0.05, 0) is 12.8 Å². The molecule has 2 heterocycles. The molecular formula is C15H19N5O4. The number of nitrogens with zero attached hydrogens (tertiary/aromatic N) is 4. The first kappa shape index (κ1) is 16.5. The monoisotopic (exact) mass is 333 g/mol. The fourth-order valence-electron chi connectivity index (χ4n) is 2.87. The highest BCUT2D eigenvalue weighted by Crippen LogP contribution is 2.25. The van der Waals surface area contributed by atoms with Gasteiger partial charge in [0.2, 0.25) is 0 Å². The number of carbonyl (C=O) groups excluding carboxylic acids is 2. The van der Waals surface area contributed by atoms with Gasteiger partial charge >= 0.3 is 0 Å². The van der Waals surface area contributed by atoms with E-state index in [1.54, 1.807) is 0 Å². The van der Waals surface area contributed by atoms with Crippen molar-refractivity contribution in [3.05, 3.63) is 12.7 Å². The summed E-state index contributed by atoms with van der Waals surface area (Å²) < 4.78 is 6.69. The fourth-order valence-corrected chi connectivity index (χ4v) is 2.87. The minimum atomic E-state index is -1.11. The van der Waals surface area contributed by atoms with Crippen LogP contribution in [0.1, 0.15) is 31.9 Å². The smallest absolute Gasteiger partial charge is 0.193 e. The van der Waals surface area contributed by atoms with Gasteiger partial charge in [-0.2, -0.15) is 0 Å². The third-order valence-corrected chi connectivity index (χ3v) is 4.09. The highest BCUT2D eigenvalue weighted by Gasteiger charge is 2.22. The Labute approximate surface area is 138 Å². The summed E-state index contributed by atoms with van der Waals surface area (Å²) in [5.74, 6) is 0.615. The van der Waals surface area contributed by atoms with Crippen molar-refractivity contribution in [2.75, 3.05) is 11.9 Å². The molecule has 128 valence electrons. The minimum absolute atomic E-state index is 0.361. The Morgan fingerprint density at radius 2 is 2.08 bits per heavy atom. The zero-order valence-electron chi connectivity index (χ0n) is 13.0. The fraction of sp³-hybridized carbons (Fsp3) is 0.533. The molecule has 2 aromatic heterocycles. The molecule has 0 radical (unpaired) electrons. The van der Waals surface area contributed by atoms with E-state index >= 15 is 0 Å². The number of aliphatic hydroxyl groups is 1. The maximum Gasteiger partial charge on any atom is 0.193 e. The minimum Gasteiger partial charge on any atom is -0.393 e. The number of carbonyl (C=O) groups is 2. The van der Waals surface area contributed by atoms with Crippen molar-refractivity contribution in [2.24, 2.45) is 0 Å². The van der Waals surface area contributed by atoms with Crippen LogP contribution < -0.4 is 5.32 Å². The molecule has 0 saturated heterocycles. The van der Waals surface area contributed by atoms with E-state index in [9.17, 15) is 9.59 Å². The van der Waals surface area contributed by atoms with Crippen LogP contribution in [0.25, 0.3) is 11.2 Å². The summed E-state index contributed by atoms with van der Waals surface area (Å²) in [5, 5.41) is 12.4. The third-order valence-electron chi connectivity index (χ3n) is 4.09. The lowest BCUT2D eigenvalue weighted by molar-refractivity contribution is -0.139. The molecule has 1 aliphatic carbocycles. The largest absolute Gasteiger partial charge is 0.393 e. The lowest BCUT2D eigenvalue weighted by atomic mass is 10.2. The van der Waals surface area contributed by atoms with Crippen molar-refractivity contribution in [3.63, 3.8) is 0 Å². The van der Waals surface area contributed by atoms with Crippen molar-refractivity contribution < 1.29 is 19.4 Å². The van der Waals surface area contributed by atoms with E-state index < -0.39 is 18.9 Å². The van der Waals surface area contributed by atoms with E-state index in [1.165, 1.54) is 30.1 Å². The number of aldehydes is 2. The van der Waals surface area contributed by atoms with Crippen LogP contribution >= 0.6 is 0 Å². The van der Waals surface area contributed by atoms with Crippen LogP contribution in [0.5, 0.6) is 0 Å². The predicted octanol–water partition coefficient (Wildman–Crippen LogP) is 0.455. The first-order valence-electron chi connectivity index (χ1n) is 7.87. The molecule has 2 atom stereocenters. The van der Waals surface area contributed by atoms with Crippen molar-refractivity contribution in [2.45, 2.75) is 44.1 Å². The number of nitrogens with one attached hydrogen (secondary N) is 1. The molecule has 3 rings (SSSR count). The standard InChI is InChI=1S/C15H19N5O4/c21-5-11(6-22)24-12(7-23)20-9-18-13-14(16-8-17-15(13)20)19-10-3-1-2-4-10/h5,7-12,22H,1-4,6H2,(H,16,17,19)/t11-,12+/m0/s1. The SMILES string of the molecule is O=C[C@@H](CO)O[C@H](C=O)n1cnc2c(NC3CCCC3)ncnc21. The first-order valence-corrected chi connectivity index (χ1v) is 7.87. The second kappa shape index (κ2) is 7.45. The quantitative estimate of drug-likeness (QED) is 0.669. The Hall–Kier alpha value is -2.39. The van der Waals surface area contributed by atoms with Crippen LogP contribution in [-0.2, 0) is 14.3 Å². The number of hydrogen-bond donors (Lipinski definition) is 2. The van der Waals surface area contributed by atoms with Gasteiger partial charge in [-0.15, -0.1) is 0 Å². The molecule has 0 amide bonds. The average Bonchev–Trinajstić information content (AvgIpc) is 3.26. The highest BCUT2D eigenvalue weighted by atomic mass is 16.5. The molecule has 1 saturated carbocycles. The van der Waals surface area contributed by atoms with Crippen LogP contribution in [0.4, 0.5) is 5.82 Å². The summed E-state index contributed by atoms with van der Waals surface area (Å²) in [6.45, 7) is -0.510. The third kappa shape index (κ3) is 3.26. The number of anilines is 1. The number of aliphatic hydroxyl groups excluding tert-OH is 1. The molecule has 2 aromatic rings. The van der Waals surface area contributed by atoms with Gasteiger partial charge in [0.1, 0.15) is 12.4 Å². The number of aromatic nitrogens is 4. The summed E-state index contributed by atoms with van der Waals surface area (Å²) in [4.78, 5) is 34.8. The van der Waals surface area contributed by atoms with Gasteiger partial charge < -0.3 is 20.0 Å². The molecule has 1 aliphatic rings. The topological polar surface area (TPSA) is 119 Å². The molecule has 0 unspecified atom stereocenters. The maximum absolute atomic E-state index is 11.3. The molecule has 0 bridgehead atoms. The molecule has 24 heavy (non-hydrogen) atoms. The van der Waals surface area contributed by atoms with E-state index in [0.29, 0.717) is 35.6 Å². The lowest BCUT2D eigenvalue weighted by Crippen LogP contribution is -2.26. The van der Waals surface area contributed by atoms with Crippen LogP contribution in [0.15, 0.2) is 12.7 Å². The molecule has 2 N–H and O–H groups in total. The van der Waals surface area contributed by atoms with Crippen LogP contribution in [0.3, 0.4) is 0 Å². The average molecular weight is 333 g/mol. The molecule has 0 aliphatic heterocycles.